The van der Waals surface area contributed by atoms with Crippen LogP contribution in [-0.2, 0) is 0 Å². The van der Waals surface area contributed by atoms with Gasteiger partial charge in [0.2, 0.25) is 0 Å². The fraction of sp³-hybridized carbons (Fsp3) is 0.583. The molecular formula is C12H17ClN4O. The van der Waals surface area contributed by atoms with Crippen molar-refractivity contribution in [2.75, 3.05) is 26.2 Å². The van der Waals surface area contributed by atoms with E-state index in [1.807, 2.05) is 4.90 Å². The minimum Gasteiger partial charge on any atom is -0.334 e. The molecule has 0 aliphatic carbocycles. The number of nitrogens with zero attached hydrogens (tertiary/aromatic N) is 4. The van der Waals surface area contributed by atoms with Crippen LogP contribution in [0.2, 0.25) is 5.15 Å². The second kappa shape index (κ2) is 5.63. The summed E-state index contributed by atoms with van der Waals surface area (Å²) in [5.74, 6) is -0.0678. The van der Waals surface area contributed by atoms with Crippen LogP contribution in [0, 0.1) is 0 Å². The van der Waals surface area contributed by atoms with Crippen LogP contribution in [0.15, 0.2) is 12.4 Å². The van der Waals surface area contributed by atoms with Crippen LogP contribution in [0.1, 0.15) is 24.3 Å². The number of carbonyl (C=O) groups is 1. The van der Waals surface area contributed by atoms with E-state index in [0.29, 0.717) is 16.9 Å². The summed E-state index contributed by atoms with van der Waals surface area (Å²) in [6.07, 6.45) is 2.84. The fourth-order valence-corrected chi connectivity index (χ4v) is 2.33. The second-order valence-electron chi connectivity index (χ2n) is 4.45. The molecule has 1 aromatic heterocycles. The molecule has 98 valence electrons. The molecular weight excluding hydrogens is 252 g/mol. The third kappa shape index (κ3) is 2.79. The highest BCUT2D eigenvalue weighted by atomic mass is 35.5. The molecule has 1 unspecified atom stereocenters. The summed E-state index contributed by atoms with van der Waals surface area (Å²) < 4.78 is 0. The molecule has 1 amide bonds. The zero-order valence-corrected chi connectivity index (χ0v) is 11.4. The summed E-state index contributed by atoms with van der Waals surface area (Å²) in [6.45, 7) is 7.67. The molecule has 2 rings (SSSR count). The highest BCUT2D eigenvalue weighted by molar-refractivity contribution is 6.29. The van der Waals surface area contributed by atoms with Gasteiger partial charge in [-0.1, -0.05) is 18.5 Å². The van der Waals surface area contributed by atoms with Crippen molar-refractivity contribution in [3.8, 4) is 0 Å². The first-order valence-electron chi connectivity index (χ1n) is 6.12. The highest BCUT2D eigenvalue weighted by Gasteiger charge is 2.26. The number of rotatable bonds is 2. The average molecular weight is 269 g/mol. The lowest BCUT2D eigenvalue weighted by atomic mass is 10.2. The smallest absolute Gasteiger partial charge is 0.274 e. The molecule has 1 saturated heterocycles. The highest BCUT2D eigenvalue weighted by Crippen LogP contribution is 2.12. The van der Waals surface area contributed by atoms with Gasteiger partial charge in [0.25, 0.3) is 5.91 Å². The van der Waals surface area contributed by atoms with Gasteiger partial charge in [0.1, 0.15) is 10.8 Å². The molecule has 1 aliphatic heterocycles. The molecule has 0 N–H and O–H groups in total. The molecule has 0 radical (unpaired) electrons. The van der Waals surface area contributed by atoms with E-state index in [-0.39, 0.29) is 5.91 Å². The molecule has 6 heteroatoms. The molecule has 5 nitrogen and oxygen atoms in total. The first-order valence-corrected chi connectivity index (χ1v) is 6.50. The van der Waals surface area contributed by atoms with Crippen LogP contribution in [-0.4, -0.2) is 57.9 Å². The lowest BCUT2D eigenvalue weighted by Gasteiger charge is -2.39. The first-order chi connectivity index (χ1) is 8.61. The number of halogens is 1. The average Bonchev–Trinajstić information content (AvgIpc) is 2.38. The van der Waals surface area contributed by atoms with Crippen LogP contribution in [0.25, 0.3) is 0 Å². The molecule has 0 saturated carbocycles. The maximum atomic E-state index is 12.2. The fourth-order valence-electron chi connectivity index (χ4n) is 2.23. The van der Waals surface area contributed by atoms with Gasteiger partial charge in [0.15, 0.2) is 0 Å². The van der Waals surface area contributed by atoms with Crippen molar-refractivity contribution in [1.29, 1.82) is 0 Å². The van der Waals surface area contributed by atoms with Crippen molar-refractivity contribution in [1.82, 2.24) is 19.8 Å². The van der Waals surface area contributed by atoms with E-state index < -0.39 is 0 Å². The Bertz CT molecular complexity index is 423. The van der Waals surface area contributed by atoms with Crippen LogP contribution in [0.4, 0.5) is 0 Å². The normalized spacial score (nSPS) is 21.1. The number of aromatic nitrogens is 2. The number of hydrogen-bond donors (Lipinski definition) is 0. The van der Waals surface area contributed by atoms with Gasteiger partial charge in [-0.15, -0.1) is 0 Å². The molecule has 1 fully saturated rings. The van der Waals surface area contributed by atoms with E-state index in [1.165, 1.54) is 12.4 Å². The predicted molar refractivity (Wildman–Crippen MR) is 69.7 cm³/mol. The summed E-state index contributed by atoms with van der Waals surface area (Å²) in [7, 11) is 0. The maximum absolute atomic E-state index is 12.2. The number of carbonyl (C=O) groups excluding carboxylic acids is 1. The van der Waals surface area contributed by atoms with Gasteiger partial charge in [0.05, 0.1) is 12.4 Å². The zero-order valence-electron chi connectivity index (χ0n) is 10.6. The minimum absolute atomic E-state index is 0.0678. The Hall–Kier alpha value is -1.20. The lowest BCUT2D eigenvalue weighted by Crippen LogP contribution is -2.53. The lowest BCUT2D eigenvalue weighted by molar-refractivity contribution is 0.0522. The molecule has 1 aromatic rings. The Labute approximate surface area is 112 Å². The van der Waals surface area contributed by atoms with Crippen molar-refractivity contribution in [3.63, 3.8) is 0 Å². The summed E-state index contributed by atoms with van der Waals surface area (Å²) in [6, 6.07) is 0.382. The van der Waals surface area contributed by atoms with E-state index >= 15 is 0 Å². The molecule has 1 atom stereocenters. The van der Waals surface area contributed by atoms with E-state index in [0.717, 1.165) is 26.2 Å². The third-order valence-corrected chi connectivity index (χ3v) is 3.49. The third-order valence-electron chi connectivity index (χ3n) is 3.30. The van der Waals surface area contributed by atoms with Gasteiger partial charge in [-0.3, -0.25) is 9.69 Å². The number of hydrogen-bond acceptors (Lipinski definition) is 4. The quantitative estimate of drug-likeness (QED) is 0.811. The van der Waals surface area contributed by atoms with Gasteiger partial charge in [0, 0.05) is 25.7 Å². The van der Waals surface area contributed by atoms with E-state index in [1.54, 1.807) is 0 Å². The Morgan fingerprint density at radius 3 is 2.78 bits per heavy atom. The van der Waals surface area contributed by atoms with Gasteiger partial charge < -0.3 is 4.90 Å². The van der Waals surface area contributed by atoms with Crippen molar-refractivity contribution >= 4 is 17.5 Å². The number of likely N-dealkylation sites (N-methyl/N-ethyl adjacent to an activating group) is 1. The second-order valence-corrected chi connectivity index (χ2v) is 4.84. The summed E-state index contributed by atoms with van der Waals surface area (Å²) in [5.41, 5.74) is 0.358. The molecule has 2 heterocycles. The van der Waals surface area contributed by atoms with E-state index in [2.05, 4.69) is 28.7 Å². The van der Waals surface area contributed by atoms with Crippen molar-refractivity contribution in [2.45, 2.75) is 19.9 Å². The van der Waals surface area contributed by atoms with Crippen molar-refractivity contribution < 1.29 is 4.79 Å². The van der Waals surface area contributed by atoms with Gasteiger partial charge in [-0.05, 0) is 13.5 Å². The van der Waals surface area contributed by atoms with Gasteiger partial charge in [-0.25, -0.2) is 9.97 Å². The Kier molecular flexibility index (Phi) is 4.14. The predicted octanol–water partition coefficient (Wildman–Crippen LogP) is 1.30. The first kappa shape index (κ1) is 13.2. The number of amides is 1. The van der Waals surface area contributed by atoms with Crippen LogP contribution >= 0.6 is 11.6 Å². The van der Waals surface area contributed by atoms with Crippen LogP contribution in [0.5, 0.6) is 0 Å². The number of piperazine rings is 1. The van der Waals surface area contributed by atoms with E-state index in [4.69, 9.17) is 11.6 Å². The monoisotopic (exact) mass is 268 g/mol. The standard InChI is InChI=1S/C12H17ClN4O/c1-3-16-4-5-17(8-9(16)2)12(18)10-6-15-11(13)7-14-10/h6-7,9H,3-5,8H2,1-2H3. The maximum Gasteiger partial charge on any atom is 0.274 e. The molecule has 18 heavy (non-hydrogen) atoms. The van der Waals surface area contributed by atoms with Crippen molar-refractivity contribution in [2.24, 2.45) is 0 Å². The molecule has 0 spiro atoms. The largest absolute Gasteiger partial charge is 0.334 e. The topological polar surface area (TPSA) is 49.3 Å². The summed E-state index contributed by atoms with van der Waals surface area (Å²) in [5, 5.41) is 0.302. The van der Waals surface area contributed by atoms with E-state index in [9.17, 15) is 4.79 Å². The molecule has 1 aliphatic rings. The minimum atomic E-state index is -0.0678. The molecule has 0 bridgehead atoms. The van der Waals surface area contributed by atoms with Gasteiger partial charge in [-0.2, -0.15) is 0 Å². The molecule has 0 aromatic carbocycles. The Balaban J connectivity index is 2.04. The SMILES string of the molecule is CCN1CCN(C(=O)c2cnc(Cl)cn2)CC1C. The van der Waals surface area contributed by atoms with Gasteiger partial charge >= 0.3 is 0 Å². The zero-order chi connectivity index (χ0) is 13.1. The Morgan fingerprint density at radius 1 is 1.44 bits per heavy atom. The van der Waals surface area contributed by atoms with Crippen LogP contribution in [0.3, 0.4) is 0 Å². The summed E-state index contributed by atoms with van der Waals surface area (Å²) in [4.78, 5) is 24.3. The summed E-state index contributed by atoms with van der Waals surface area (Å²) >= 11 is 5.66. The van der Waals surface area contributed by atoms with Crippen LogP contribution < -0.4 is 0 Å². The Morgan fingerprint density at radius 2 is 2.22 bits per heavy atom. The van der Waals surface area contributed by atoms with Crippen molar-refractivity contribution in [3.05, 3.63) is 23.2 Å².